The molecule has 0 saturated carbocycles. The Kier molecular flexibility index (Phi) is 4.62. The standard InChI is InChI=1S/C11H13ClF3N/c1-8(16-7-6-11(13,14)15)9-2-4-10(12)5-3-9/h2-5,8,16H,6-7H2,1H3/t8-/m0/s1. The van der Waals surface area contributed by atoms with Crippen LogP contribution in [0.3, 0.4) is 0 Å². The van der Waals surface area contributed by atoms with E-state index >= 15 is 0 Å². The Hall–Kier alpha value is -0.740. The van der Waals surface area contributed by atoms with Crippen LogP contribution in [-0.2, 0) is 0 Å². The molecule has 1 nitrogen and oxygen atoms in total. The summed E-state index contributed by atoms with van der Waals surface area (Å²) in [7, 11) is 0. The van der Waals surface area contributed by atoms with Gasteiger partial charge in [-0.15, -0.1) is 0 Å². The van der Waals surface area contributed by atoms with Gasteiger partial charge < -0.3 is 5.32 Å². The molecule has 0 fully saturated rings. The summed E-state index contributed by atoms with van der Waals surface area (Å²) >= 11 is 5.71. The molecule has 0 amide bonds. The fourth-order valence-electron chi connectivity index (χ4n) is 1.30. The number of halogens is 4. The van der Waals surface area contributed by atoms with Crippen LogP contribution in [0.25, 0.3) is 0 Å². The number of hydrogen-bond donors (Lipinski definition) is 1. The summed E-state index contributed by atoms with van der Waals surface area (Å²) in [5, 5.41) is 3.43. The number of rotatable bonds is 4. The van der Waals surface area contributed by atoms with Gasteiger partial charge in [-0.3, -0.25) is 0 Å². The van der Waals surface area contributed by atoms with Crippen LogP contribution in [0.5, 0.6) is 0 Å². The summed E-state index contributed by atoms with van der Waals surface area (Å²) in [4.78, 5) is 0. The Bertz CT molecular complexity index is 321. The monoisotopic (exact) mass is 251 g/mol. The highest BCUT2D eigenvalue weighted by molar-refractivity contribution is 6.30. The second-order valence-electron chi connectivity index (χ2n) is 3.59. The Balaban J connectivity index is 2.41. The number of benzene rings is 1. The average molecular weight is 252 g/mol. The predicted molar refractivity (Wildman–Crippen MR) is 58.5 cm³/mol. The molecule has 90 valence electrons. The second kappa shape index (κ2) is 5.55. The van der Waals surface area contributed by atoms with Crippen molar-refractivity contribution in [2.75, 3.05) is 6.54 Å². The van der Waals surface area contributed by atoms with E-state index in [4.69, 9.17) is 11.6 Å². The largest absolute Gasteiger partial charge is 0.390 e. The molecule has 0 heterocycles. The average Bonchev–Trinajstić information content (AvgIpc) is 2.16. The summed E-state index contributed by atoms with van der Waals surface area (Å²) in [6.45, 7) is 1.74. The molecule has 0 unspecified atom stereocenters. The van der Waals surface area contributed by atoms with Gasteiger partial charge in [0.15, 0.2) is 0 Å². The molecule has 0 bridgehead atoms. The van der Waals surface area contributed by atoms with Crippen molar-refractivity contribution in [3.05, 3.63) is 34.9 Å². The SMILES string of the molecule is C[C@H](NCCC(F)(F)F)c1ccc(Cl)cc1. The van der Waals surface area contributed by atoms with E-state index in [1.54, 1.807) is 24.3 Å². The van der Waals surface area contributed by atoms with Gasteiger partial charge >= 0.3 is 6.18 Å². The Morgan fingerprint density at radius 3 is 2.31 bits per heavy atom. The van der Waals surface area contributed by atoms with Gasteiger partial charge in [0.25, 0.3) is 0 Å². The third kappa shape index (κ3) is 4.86. The van der Waals surface area contributed by atoms with Gasteiger partial charge in [-0.2, -0.15) is 13.2 Å². The molecule has 5 heteroatoms. The molecule has 1 atom stereocenters. The highest BCUT2D eigenvalue weighted by Crippen LogP contribution is 2.20. The molecule has 0 aliphatic rings. The minimum atomic E-state index is -4.10. The van der Waals surface area contributed by atoms with Crippen molar-refractivity contribution in [1.29, 1.82) is 0 Å². The zero-order chi connectivity index (χ0) is 12.2. The normalized spacial score (nSPS) is 13.8. The van der Waals surface area contributed by atoms with E-state index < -0.39 is 12.6 Å². The Morgan fingerprint density at radius 2 is 1.81 bits per heavy atom. The van der Waals surface area contributed by atoms with Gasteiger partial charge in [0.2, 0.25) is 0 Å². The smallest absolute Gasteiger partial charge is 0.310 e. The van der Waals surface area contributed by atoms with Gasteiger partial charge in [0.1, 0.15) is 0 Å². The van der Waals surface area contributed by atoms with Crippen LogP contribution in [-0.4, -0.2) is 12.7 Å². The topological polar surface area (TPSA) is 12.0 Å². The van der Waals surface area contributed by atoms with E-state index in [-0.39, 0.29) is 12.6 Å². The summed E-state index contributed by atoms with van der Waals surface area (Å²) in [6, 6.07) is 6.93. The minimum Gasteiger partial charge on any atom is -0.310 e. The molecule has 0 aliphatic heterocycles. The quantitative estimate of drug-likeness (QED) is 0.855. The molecule has 16 heavy (non-hydrogen) atoms. The summed E-state index contributed by atoms with van der Waals surface area (Å²) in [5.41, 5.74) is 0.923. The minimum absolute atomic E-state index is 0.0761. The van der Waals surface area contributed by atoms with Crippen molar-refractivity contribution in [3.8, 4) is 0 Å². The third-order valence-corrected chi connectivity index (χ3v) is 2.48. The van der Waals surface area contributed by atoms with Crippen molar-refractivity contribution < 1.29 is 13.2 Å². The molecule has 0 saturated heterocycles. The molecular formula is C11H13ClF3N. The van der Waals surface area contributed by atoms with E-state index in [0.29, 0.717) is 5.02 Å². The van der Waals surface area contributed by atoms with Gasteiger partial charge in [-0.1, -0.05) is 23.7 Å². The third-order valence-electron chi connectivity index (χ3n) is 2.23. The fraction of sp³-hybridized carbons (Fsp3) is 0.455. The first kappa shape index (κ1) is 13.3. The molecular weight excluding hydrogens is 239 g/mol. The number of hydrogen-bond acceptors (Lipinski definition) is 1. The van der Waals surface area contributed by atoms with Crippen molar-refractivity contribution in [3.63, 3.8) is 0 Å². The molecule has 1 aromatic carbocycles. The van der Waals surface area contributed by atoms with Crippen LogP contribution in [0.2, 0.25) is 5.02 Å². The van der Waals surface area contributed by atoms with Crippen molar-refractivity contribution in [2.45, 2.75) is 25.6 Å². The maximum Gasteiger partial charge on any atom is 0.390 e. The fourth-order valence-corrected chi connectivity index (χ4v) is 1.43. The van der Waals surface area contributed by atoms with Gasteiger partial charge in [0, 0.05) is 17.6 Å². The molecule has 1 rings (SSSR count). The van der Waals surface area contributed by atoms with Crippen molar-refractivity contribution in [1.82, 2.24) is 5.32 Å². The molecule has 0 radical (unpaired) electrons. The maximum atomic E-state index is 11.9. The van der Waals surface area contributed by atoms with E-state index in [2.05, 4.69) is 5.32 Å². The van der Waals surface area contributed by atoms with Crippen LogP contribution in [0.4, 0.5) is 13.2 Å². The lowest BCUT2D eigenvalue weighted by Crippen LogP contribution is -2.24. The lowest BCUT2D eigenvalue weighted by Gasteiger charge is -2.15. The first-order valence-corrected chi connectivity index (χ1v) is 5.32. The number of alkyl halides is 3. The molecule has 0 aliphatic carbocycles. The van der Waals surface area contributed by atoms with Crippen LogP contribution >= 0.6 is 11.6 Å². The number of nitrogens with one attached hydrogen (secondary N) is 1. The molecule has 1 aromatic rings. The Morgan fingerprint density at radius 1 is 1.25 bits per heavy atom. The predicted octanol–water partition coefficient (Wildman–Crippen LogP) is 3.94. The maximum absolute atomic E-state index is 11.9. The van der Waals surface area contributed by atoms with Gasteiger partial charge in [-0.25, -0.2) is 0 Å². The van der Waals surface area contributed by atoms with Crippen LogP contribution in [0.15, 0.2) is 24.3 Å². The van der Waals surface area contributed by atoms with E-state index in [0.717, 1.165) is 5.56 Å². The highest BCUT2D eigenvalue weighted by atomic mass is 35.5. The summed E-state index contributed by atoms with van der Waals surface area (Å²) < 4.78 is 35.7. The lowest BCUT2D eigenvalue weighted by atomic mass is 10.1. The van der Waals surface area contributed by atoms with Gasteiger partial charge in [0.05, 0.1) is 6.42 Å². The second-order valence-corrected chi connectivity index (χ2v) is 4.03. The van der Waals surface area contributed by atoms with Crippen LogP contribution < -0.4 is 5.32 Å². The zero-order valence-electron chi connectivity index (χ0n) is 8.81. The molecule has 0 spiro atoms. The first-order chi connectivity index (χ1) is 7.38. The van der Waals surface area contributed by atoms with Crippen LogP contribution in [0.1, 0.15) is 24.9 Å². The summed E-state index contributed by atoms with van der Waals surface area (Å²) in [5.74, 6) is 0. The van der Waals surface area contributed by atoms with Crippen molar-refractivity contribution in [2.24, 2.45) is 0 Å². The molecule has 0 aromatic heterocycles. The van der Waals surface area contributed by atoms with Crippen LogP contribution in [0, 0.1) is 0 Å². The van der Waals surface area contributed by atoms with Crippen molar-refractivity contribution >= 4 is 11.6 Å². The highest BCUT2D eigenvalue weighted by Gasteiger charge is 2.26. The zero-order valence-corrected chi connectivity index (χ0v) is 9.57. The molecule has 1 N–H and O–H groups in total. The van der Waals surface area contributed by atoms with Gasteiger partial charge in [-0.05, 0) is 24.6 Å². The first-order valence-electron chi connectivity index (χ1n) is 4.94. The summed E-state index contributed by atoms with van der Waals surface area (Å²) in [6.07, 6.45) is -4.92. The van der Waals surface area contributed by atoms with E-state index in [1.807, 2.05) is 6.92 Å². The Labute approximate surface area is 97.6 Å². The van der Waals surface area contributed by atoms with E-state index in [9.17, 15) is 13.2 Å². The lowest BCUT2D eigenvalue weighted by molar-refractivity contribution is -0.133. The van der Waals surface area contributed by atoms with E-state index in [1.165, 1.54) is 0 Å².